The van der Waals surface area contributed by atoms with Crippen molar-refractivity contribution in [1.82, 2.24) is 9.97 Å². The zero-order chi connectivity index (χ0) is 17.6. The van der Waals surface area contributed by atoms with Gasteiger partial charge in [0, 0.05) is 0 Å². The van der Waals surface area contributed by atoms with E-state index in [0.717, 1.165) is 0 Å². The number of esters is 1. The minimum Gasteiger partial charge on any atom is -0.497 e. The molecule has 25 heavy (non-hydrogen) atoms. The second kappa shape index (κ2) is 7.48. The number of nitrogens with zero attached hydrogens (tertiary/aromatic N) is 1. The van der Waals surface area contributed by atoms with Crippen molar-refractivity contribution in [2.45, 2.75) is 6.61 Å². The van der Waals surface area contributed by atoms with Crippen LogP contribution in [0.2, 0.25) is 0 Å². The maximum atomic E-state index is 11.9. The molecule has 128 valence electrons. The van der Waals surface area contributed by atoms with Gasteiger partial charge in [0.1, 0.15) is 23.9 Å². The summed E-state index contributed by atoms with van der Waals surface area (Å²) in [5.74, 6) is 0.935. The molecule has 0 atom stereocenters. The lowest BCUT2D eigenvalue weighted by atomic mass is 10.2. The summed E-state index contributed by atoms with van der Waals surface area (Å²) < 4.78 is 15.4. The zero-order valence-corrected chi connectivity index (χ0v) is 13.5. The Labute approximate surface area is 143 Å². The van der Waals surface area contributed by atoms with Crippen LogP contribution in [0.15, 0.2) is 53.3 Å². The lowest BCUT2D eigenvalue weighted by molar-refractivity contribution is -0.147. The Balaban J connectivity index is 1.56. The van der Waals surface area contributed by atoms with Gasteiger partial charge in [-0.3, -0.25) is 4.79 Å². The van der Waals surface area contributed by atoms with Crippen LogP contribution in [-0.4, -0.2) is 29.7 Å². The Kier molecular flexibility index (Phi) is 4.94. The predicted octanol–water partition coefficient (Wildman–Crippen LogP) is 2.05. The fourth-order valence-electron chi connectivity index (χ4n) is 2.21. The highest BCUT2D eigenvalue weighted by atomic mass is 16.6. The van der Waals surface area contributed by atoms with Gasteiger partial charge in [-0.15, -0.1) is 0 Å². The van der Waals surface area contributed by atoms with Crippen LogP contribution in [0.5, 0.6) is 11.5 Å². The quantitative estimate of drug-likeness (QED) is 0.691. The molecule has 0 unspecified atom stereocenters. The molecule has 0 aliphatic rings. The van der Waals surface area contributed by atoms with E-state index in [2.05, 4.69) is 9.97 Å². The number of H-pyrrole nitrogens is 1. The minimum absolute atomic E-state index is 0.134. The molecule has 1 aromatic heterocycles. The topological polar surface area (TPSA) is 90.5 Å². The number of rotatable bonds is 6. The standard InChI is InChI=1S/C18H16N2O5/c1-23-12-6-8-13(9-7-12)24-11-17(21)25-10-16-19-15-5-3-2-4-14(15)18(22)20-16/h2-9H,10-11H2,1H3,(H,19,20,22). The summed E-state index contributed by atoms with van der Waals surface area (Å²) in [7, 11) is 1.57. The molecule has 3 aromatic rings. The Hall–Kier alpha value is -3.35. The number of methoxy groups -OCH3 is 1. The number of hydrogen-bond acceptors (Lipinski definition) is 6. The van der Waals surface area contributed by atoms with Gasteiger partial charge in [0.25, 0.3) is 5.56 Å². The largest absolute Gasteiger partial charge is 0.497 e. The molecule has 0 fully saturated rings. The lowest BCUT2D eigenvalue weighted by Gasteiger charge is -2.08. The van der Waals surface area contributed by atoms with Gasteiger partial charge in [-0.25, -0.2) is 9.78 Å². The third kappa shape index (κ3) is 4.14. The summed E-state index contributed by atoms with van der Waals surface area (Å²) in [6, 6.07) is 13.8. The third-order valence-electron chi connectivity index (χ3n) is 3.45. The Morgan fingerprint density at radius 2 is 1.80 bits per heavy atom. The van der Waals surface area contributed by atoms with E-state index >= 15 is 0 Å². The van der Waals surface area contributed by atoms with Crippen molar-refractivity contribution in [3.63, 3.8) is 0 Å². The van der Waals surface area contributed by atoms with Crippen molar-refractivity contribution in [2.75, 3.05) is 13.7 Å². The lowest BCUT2D eigenvalue weighted by Crippen LogP contribution is -2.18. The van der Waals surface area contributed by atoms with Gasteiger partial charge in [0.05, 0.1) is 18.0 Å². The Morgan fingerprint density at radius 1 is 1.08 bits per heavy atom. The van der Waals surface area contributed by atoms with Gasteiger partial charge in [-0.1, -0.05) is 12.1 Å². The Morgan fingerprint density at radius 3 is 2.56 bits per heavy atom. The average molecular weight is 340 g/mol. The predicted molar refractivity (Wildman–Crippen MR) is 90.6 cm³/mol. The van der Waals surface area contributed by atoms with E-state index in [9.17, 15) is 9.59 Å². The van der Waals surface area contributed by atoms with E-state index in [1.165, 1.54) is 0 Å². The average Bonchev–Trinajstić information content (AvgIpc) is 2.65. The van der Waals surface area contributed by atoms with Gasteiger partial charge in [-0.05, 0) is 36.4 Å². The van der Waals surface area contributed by atoms with Crippen molar-refractivity contribution >= 4 is 16.9 Å². The molecule has 7 nitrogen and oxygen atoms in total. The van der Waals surface area contributed by atoms with E-state index in [1.807, 2.05) is 0 Å². The third-order valence-corrected chi connectivity index (χ3v) is 3.45. The van der Waals surface area contributed by atoms with Gasteiger partial charge in [-0.2, -0.15) is 0 Å². The highest BCUT2D eigenvalue weighted by Gasteiger charge is 2.08. The molecule has 0 bridgehead atoms. The van der Waals surface area contributed by atoms with E-state index < -0.39 is 5.97 Å². The van der Waals surface area contributed by atoms with Crippen LogP contribution in [0, 0.1) is 0 Å². The van der Waals surface area contributed by atoms with Crippen LogP contribution in [0.3, 0.4) is 0 Å². The first kappa shape index (κ1) is 16.5. The number of carbonyl (C=O) groups excluding carboxylic acids is 1. The molecule has 0 spiro atoms. The fourth-order valence-corrected chi connectivity index (χ4v) is 2.21. The van der Waals surface area contributed by atoms with E-state index in [0.29, 0.717) is 22.4 Å². The van der Waals surface area contributed by atoms with Crippen LogP contribution < -0.4 is 15.0 Å². The molecule has 1 N–H and O–H groups in total. The van der Waals surface area contributed by atoms with Crippen molar-refractivity contribution in [1.29, 1.82) is 0 Å². The smallest absolute Gasteiger partial charge is 0.344 e. The maximum absolute atomic E-state index is 11.9. The SMILES string of the molecule is COc1ccc(OCC(=O)OCc2nc3ccccc3c(=O)[nH]2)cc1. The summed E-state index contributed by atoms with van der Waals surface area (Å²) >= 11 is 0. The number of nitrogens with one attached hydrogen (secondary N) is 1. The number of carbonyl (C=O) groups is 1. The Bertz CT molecular complexity index is 934. The molecule has 0 saturated heterocycles. The number of benzene rings is 2. The van der Waals surface area contributed by atoms with Crippen molar-refractivity contribution in [3.8, 4) is 11.5 Å². The summed E-state index contributed by atoms with van der Waals surface area (Å²) in [5.41, 5.74) is 0.276. The minimum atomic E-state index is -0.563. The van der Waals surface area contributed by atoms with Crippen LogP contribution in [0.25, 0.3) is 10.9 Å². The fraction of sp³-hybridized carbons (Fsp3) is 0.167. The highest BCUT2D eigenvalue weighted by molar-refractivity contribution is 5.77. The van der Waals surface area contributed by atoms with Crippen LogP contribution in [0.4, 0.5) is 0 Å². The first-order valence-corrected chi connectivity index (χ1v) is 7.56. The van der Waals surface area contributed by atoms with Crippen LogP contribution in [-0.2, 0) is 16.1 Å². The van der Waals surface area contributed by atoms with Gasteiger partial charge < -0.3 is 19.2 Å². The molecular weight excluding hydrogens is 324 g/mol. The normalized spacial score (nSPS) is 10.4. The summed E-state index contributed by atoms with van der Waals surface area (Å²) in [6.07, 6.45) is 0. The second-order valence-corrected chi connectivity index (χ2v) is 5.15. The molecule has 3 rings (SSSR count). The molecule has 0 aliphatic carbocycles. The van der Waals surface area contributed by atoms with Gasteiger partial charge >= 0.3 is 5.97 Å². The van der Waals surface area contributed by atoms with Crippen LogP contribution in [0.1, 0.15) is 5.82 Å². The molecule has 0 amide bonds. The summed E-state index contributed by atoms with van der Waals surface area (Å²) in [4.78, 5) is 30.6. The molecule has 2 aromatic carbocycles. The van der Waals surface area contributed by atoms with Crippen molar-refractivity contribution in [2.24, 2.45) is 0 Å². The number of aromatic nitrogens is 2. The monoisotopic (exact) mass is 340 g/mol. The van der Waals surface area contributed by atoms with E-state index in [-0.39, 0.29) is 24.6 Å². The molecule has 0 radical (unpaired) electrons. The number of ether oxygens (including phenoxy) is 3. The number of fused-ring (bicyclic) bond motifs is 1. The second-order valence-electron chi connectivity index (χ2n) is 5.15. The van der Waals surface area contributed by atoms with Gasteiger partial charge in [0.2, 0.25) is 0 Å². The molecule has 1 heterocycles. The van der Waals surface area contributed by atoms with E-state index in [1.54, 1.807) is 55.6 Å². The molecule has 0 saturated carbocycles. The maximum Gasteiger partial charge on any atom is 0.344 e. The first-order chi connectivity index (χ1) is 12.2. The first-order valence-electron chi connectivity index (χ1n) is 7.56. The van der Waals surface area contributed by atoms with Crippen molar-refractivity contribution in [3.05, 3.63) is 64.7 Å². The number of para-hydroxylation sites is 1. The zero-order valence-electron chi connectivity index (χ0n) is 13.5. The highest BCUT2D eigenvalue weighted by Crippen LogP contribution is 2.16. The summed E-state index contributed by atoms with van der Waals surface area (Å²) in [5, 5.41) is 0.486. The molecule has 7 heteroatoms. The van der Waals surface area contributed by atoms with Crippen molar-refractivity contribution < 1.29 is 19.0 Å². The number of aromatic amines is 1. The molecular formula is C18H16N2O5. The van der Waals surface area contributed by atoms with E-state index in [4.69, 9.17) is 14.2 Å². The van der Waals surface area contributed by atoms with Gasteiger partial charge in [0.15, 0.2) is 6.61 Å². The molecule has 0 aliphatic heterocycles. The number of hydrogen-bond donors (Lipinski definition) is 1. The summed E-state index contributed by atoms with van der Waals surface area (Å²) in [6.45, 7) is -0.380. The van der Waals surface area contributed by atoms with Crippen LogP contribution >= 0.6 is 0 Å².